The Morgan fingerprint density at radius 2 is 2.00 bits per heavy atom. The Labute approximate surface area is 193 Å². The quantitative estimate of drug-likeness (QED) is 0.624. The van der Waals surface area contributed by atoms with Crippen molar-refractivity contribution >= 4 is 29.5 Å². The van der Waals surface area contributed by atoms with Gasteiger partial charge in [-0.05, 0) is 48.2 Å². The molecule has 0 aromatic heterocycles. The molecule has 0 saturated carbocycles. The molecule has 2 aliphatic heterocycles. The highest BCUT2D eigenvalue weighted by molar-refractivity contribution is 6.05. The van der Waals surface area contributed by atoms with E-state index in [2.05, 4.69) is 15.4 Å². The smallest absolute Gasteiger partial charge is 0.411 e. The molecule has 4 rings (SSSR count). The fraction of sp³-hybridized carbons (Fsp3) is 0.304. The topological polar surface area (TPSA) is 114 Å². The van der Waals surface area contributed by atoms with Crippen LogP contribution in [0.2, 0.25) is 0 Å². The minimum atomic E-state index is -2.99. The van der Waals surface area contributed by atoms with Gasteiger partial charge in [-0.3, -0.25) is 25.0 Å². The number of nitrogens with zero attached hydrogens (tertiary/aromatic N) is 1. The van der Waals surface area contributed by atoms with Crippen molar-refractivity contribution in [3.8, 4) is 5.75 Å². The highest BCUT2D eigenvalue weighted by Crippen LogP contribution is 2.28. The van der Waals surface area contributed by atoms with Crippen LogP contribution in [0.25, 0.3) is 0 Å². The van der Waals surface area contributed by atoms with Gasteiger partial charge in [-0.1, -0.05) is 12.1 Å². The first-order valence-electron chi connectivity index (χ1n) is 10.5. The summed E-state index contributed by atoms with van der Waals surface area (Å²) in [4.78, 5) is 50.0. The van der Waals surface area contributed by atoms with Crippen LogP contribution >= 0.6 is 0 Å². The number of rotatable bonds is 6. The number of imide groups is 1. The number of ether oxygens (including phenoxy) is 2. The molecule has 2 N–H and O–H groups in total. The maximum absolute atomic E-state index is 12.9. The molecule has 2 heterocycles. The molecule has 11 heteroatoms. The summed E-state index contributed by atoms with van der Waals surface area (Å²) in [5.41, 5.74) is 2.52. The Kier molecular flexibility index (Phi) is 6.44. The van der Waals surface area contributed by atoms with Crippen molar-refractivity contribution in [1.82, 2.24) is 10.2 Å². The molecule has 0 bridgehead atoms. The van der Waals surface area contributed by atoms with Crippen molar-refractivity contribution in [2.24, 2.45) is 0 Å². The molecule has 34 heavy (non-hydrogen) atoms. The molecule has 4 amide bonds. The number of aryl methyl sites for hydroxylation is 1. The lowest BCUT2D eigenvalue weighted by molar-refractivity contribution is -0.136. The average molecular weight is 473 g/mol. The SMILES string of the molecule is Cc1cc(NC(=O)OCc2ccc3c(c2)C(=O)N(C2CCC(=O)NC2=O)C3)cc(OC(F)F)c1. The van der Waals surface area contributed by atoms with Gasteiger partial charge in [-0.25, -0.2) is 4.79 Å². The third kappa shape index (κ3) is 5.13. The van der Waals surface area contributed by atoms with Crippen molar-refractivity contribution in [2.75, 3.05) is 5.32 Å². The molecule has 0 aliphatic carbocycles. The number of carbonyl (C=O) groups excluding carboxylic acids is 4. The lowest BCUT2D eigenvalue weighted by atomic mass is 10.0. The second kappa shape index (κ2) is 9.46. The number of benzene rings is 2. The fourth-order valence-electron chi connectivity index (χ4n) is 3.99. The van der Waals surface area contributed by atoms with Gasteiger partial charge in [0.15, 0.2) is 0 Å². The zero-order chi connectivity index (χ0) is 24.4. The molecule has 1 saturated heterocycles. The van der Waals surface area contributed by atoms with E-state index < -0.39 is 24.7 Å². The van der Waals surface area contributed by atoms with Gasteiger partial charge in [-0.15, -0.1) is 0 Å². The Bertz CT molecular complexity index is 1170. The molecular weight excluding hydrogens is 452 g/mol. The predicted octanol–water partition coefficient (Wildman–Crippen LogP) is 3.11. The second-order valence-corrected chi connectivity index (χ2v) is 8.01. The van der Waals surface area contributed by atoms with E-state index in [1.165, 1.54) is 17.0 Å². The highest BCUT2D eigenvalue weighted by atomic mass is 19.3. The first kappa shape index (κ1) is 23.1. The third-order valence-electron chi connectivity index (χ3n) is 5.48. The summed E-state index contributed by atoms with van der Waals surface area (Å²) in [5, 5.41) is 4.71. The van der Waals surface area contributed by atoms with Gasteiger partial charge in [0.05, 0.1) is 0 Å². The standard InChI is InChI=1S/C23H21F2N3O6/c1-12-6-15(9-16(7-12)34-22(24)25)26-23(32)33-11-13-2-3-14-10-28(21(31)17(14)8-13)18-4-5-19(29)27-20(18)30/h2-3,6-9,18,22H,4-5,10-11H2,1H3,(H,26,32)(H,27,29,30). The van der Waals surface area contributed by atoms with E-state index in [4.69, 9.17) is 4.74 Å². The number of piperidine rings is 1. The molecule has 9 nitrogen and oxygen atoms in total. The van der Waals surface area contributed by atoms with Crippen LogP contribution in [-0.2, 0) is 27.5 Å². The maximum Gasteiger partial charge on any atom is 0.411 e. The number of amides is 4. The van der Waals surface area contributed by atoms with Crippen molar-refractivity contribution in [3.63, 3.8) is 0 Å². The van der Waals surface area contributed by atoms with E-state index in [9.17, 15) is 28.0 Å². The van der Waals surface area contributed by atoms with Gasteiger partial charge in [-0.2, -0.15) is 8.78 Å². The van der Waals surface area contributed by atoms with Gasteiger partial charge >= 0.3 is 12.7 Å². The van der Waals surface area contributed by atoms with Crippen LogP contribution < -0.4 is 15.4 Å². The molecule has 2 aliphatic rings. The Morgan fingerprint density at radius 3 is 2.74 bits per heavy atom. The summed E-state index contributed by atoms with van der Waals surface area (Å²) < 4.78 is 34.4. The molecule has 2 aromatic rings. The van der Waals surface area contributed by atoms with Gasteiger partial charge in [0.2, 0.25) is 11.8 Å². The Balaban J connectivity index is 1.37. The van der Waals surface area contributed by atoms with Gasteiger partial charge in [0.1, 0.15) is 18.4 Å². The highest BCUT2D eigenvalue weighted by Gasteiger charge is 2.39. The molecule has 0 spiro atoms. The van der Waals surface area contributed by atoms with Crippen molar-refractivity contribution in [1.29, 1.82) is 0 Å². The van der Waals surface area contributed by atoms with E-state index in [1.54, 1.807) is 31.2 Å². The van der Waals surface area contributed by atoms with E-state index in [-0.39, 0.29) is 49.2 Å². The Morgan fingerprint density at radius 1 is 1.21 bits per heavy atom. The number of halogens is 2. The monoisotopic (exact) mass is 473 g/mol. The minimum Gasteiger partial charge on any atom is -0.444 e. The lowest BCUT2D eigenvalue weighted by Crippen LogP contribution is -2.52. The molecule has 0 radical (unpaired) electrons. The Hall–Kier alpha value is -4.02. The summed E-state index contributed by atoms with van der Waals surface area (Å²) in [6.07, 6.45) is -0.379. The van der Waals surface area contributed by atoms with E-state index >= 15 is 0 Å². The van der Waals surface area contributed by atoms with Crippen LogP contribution in [0.5, 0.6) is 5.75 Å². The number of carbonyl (C=O) groups is 4. The van der Waals surface area contributed by atoms with Crippen molar-refractivity contribution < 1.29 is 37.4 Å². The van der Waals surface area contributed by atoms with E-state index in [0.717, 1.165) is 5.56 Å². The predicted molar refractivity (Wildman–Crippen MR) is 114 cm³/mol. The van der Waals surface area contributed by atoms with Crippen molar-refractivity contribution in [2.45, 2.75) is 45.6 Å². The van der Waals surface area contributed by atoms with Crippen LogP contribution in [0.15, 0.2) is 36.4 Å². The van der Waals surface area contributed by atoms with Crippen LogP contribution in [0.1, 0.15) is 39.9 Å². The fourth-order valence-corrected chi connectivity index (χ4v) is 3.99. The molecule has 1 atom stereocenters. The number of anilines is 1. The number of hydrogen-bond acceptors (Lipinski definition) is 6. The van der Waals surface area contributed by atoms with Crippen LogP contribution in [0, 0.1) is 6.92 Å². The van der Waals surface area contributed by atoms with Crippen LogP contribution in [0.4, 0.5) is 19.3 Å². The molecule has 1 unspecified atom stereocenters. The first-order chi connectivity index (χ1) is 16.2. The lowest BCUT2D eigenvalue weighted by Gasteiger charge is -2.29. The van der Waals surface area contributed by atoms with Gasteiger partial charge < -0.3 is 14.4 Å². The maximum atomic E-state index is 12.9. The molecule has 1 fully saturated rings. The number of hydrogen-bond donors (Lipinski definition) is 2. The third-order valence-corrected chi connectivity index (χ3v) is 5.48. The van der Waals surface area contributed by atoms with Crippen molar-refractivity contribution in [3.05, 3.63) is 58.7 Å². The van der Waals surface area contributed by atoms with Crippen LogP contribution in [0.3, 0.4) is 0 Å². The number of fused-ring (bicyclic) bond motifs is 1. The van der Waals surface area contributed by atoms with Gasteiger partial charge in [0, 0.05) is 30.3 Å². The van der Waals surface area contributed by atoms with Crippen LogP contribution in [-0.4, -0.2) is 41.4 Å². The van der Waals surface area contributed by atoms with E-state index in [0.29, 0.717) is 16.7 Å². The first-order valence-corrected chi connectivity index (χ1v) is 10.5. The summed E-state index contributed by atoms with van der Waals surface area (Å²) in [5.74, 6) is -1.27. The summed E-state index contributed by atoms with van der Waals surface area (Å²) in [6, 6.07) is 8.53. The summed E-state index contributed by atoms with van der Waals surface area (Å²) in [7, 11) is 0. The van der Waals surface area contributed by atoms with E-state index in [1.807, 2.05) is 0 Å². The largest absolute Gasteiger partial charge is 0.444 e. The zero-order valence-electron chi connectivity index (χ0n) is 18.1. The molecule has 178 valence electrons. The minimum absolute atomic E-state index is 0.0944. The zero-order valence-corrected chi connectivity index (χ0v) is 18.1. The number of nitrogens with one attached hydrogen (secondary N) is 2. The number of alkyl halides is 2. The average Bonchev–Trinajstić information content (AvgIpc) is 3.07. The molecular formula is C23H21F2N3O6. The summed E-state index contributed by atoms with van der Waals surface area (Å²) in [6.45, 7) is -1.22. The molecule has 2 aromatic carbocycles. The van der Waals surface area contributed by atoms with Gasteiger partial charge in [0.25, 0.3) is 5.91 Å². The summed E-state index contributed by atoms with van der Waals surface area (Å²) >= 11 is 0. The normalized spacial score (nSPS) is 17.5. The second-order valence-electron chi connectivity index (χ2n) is 8.01.